The Hall–Kier alpha value is -1.61. The molecule has 112 valence electrons. The molecule has 0 bridgehead atoms. The Morgan fingerprint density at radius 3 is 2.71 bits per heavy atom. The molecule has 0 unspecified atom stereocenters. The van der Waals surface area contributed by atoms with Crippen LogP contribution in [0.5, 0.6) is 5.88 Å². The highest BCUT2D eigenvalue weighted by Gasteiger charge is 2.22. The number of ether oxygens (including phenoxy) is 1. The Morgan fingerprint density at radius 2 is 2.00 bits per heavy atom. The lowest BCUT2D eigenvalue weighted by Gasteiger charge is -2.21. The zero-order valence-electron chi connectivity index (χ0n) is 13.1. The van der Waals surface area contributed by atoms with Crippen LogP contribution < -0.4 is 10.1 Å². The summed E-state index contributed by atoms with van der Waals surface area (Å²) in [4.78, 5) is 4.63. The van der Waals surface area contributed by atoms with E-state index in [-0.39, 0.29) is 5.54 Å². The van der Waals surface area contributed by atoms with Crippen molar-refractivity contribution in [3.05, 3.63) is 35.9 Å². The highest BCUT2D eigenvalue weighted by atomic mass is 16.5. The highest BCUT2D eigenvalue weighted by Crippen LogP contribution is 2.30. The third kappa shape index (κ3) is 3.94. The van der Waals surface area contributed by atoms with Gasteiger partial charge in [0.05, 0.1) is 12.1 Å². The number of hydrogen-bond acceptors (Lipinski definition) is 3. The molecule has 1 heterocycles. The fourth-order valence-corrected chi connectivity index (χ4v) is 2.29. The Balaban J connectivity index is 1.86. The summed E-state index contributed by atoms with van der Waals surface area (Å²) >= 11 is 0. The number of aromatic nitrogens is 1. The molecule has 3 rings (SSSR count). The van der Waals surface area contributed by atoms with Gasteiger partial charge < -0.3 is 10.1 Å². The first kappa shape index (κ1) is 14.3. The van der Waals surface area contributed by atoms with Crippen LogP contribution in [0, 0.1) is 5.92 Å². The highest BCUT2D eigenvalue weighted by molar-refractivity contribution is 5.82. The molecule has 0 aliphatic heterocycles. The molecule has 2 aromatic rings. The van der Waals surface area contributed by atoms with E-state index in [9.17, 15) is 0 Å². The third-order valence-electron chi connectivity index (χ3n) is 3.75. The second-order valence-corrected chi connectivity index (χ2v) is 6.99. The molecule has 0 saturated heterocycles. The maximum atomic E-state index is 5.87. The van der Waals surface area contributed by atoms with Crippen molar-refractivity contribution in [3.63, 3.8) is 0 Å². The zero-order valence-corrected chi connectivity index (χ0v) is 13.1. The minimum Gasteiger partial charge on any atom is -0.477 e. The molecule has 1 saturated carbocycles. The van der Waals surface area contributed by atoms with Gasteiger partial charge in [0.2, 0.25) is 5.88 Å². The van der Waals surface area contributed by atoms with Gasteiger partial charge in [-0.25, -0.2) is 4.98 Å². The maximum Gasteiger partial charge on any atom is 0.214 e. The first-order valence-corrected chi connectivity index (χ1v) is 7.78. The summed E-state index contributed by atoms with van der Waals surface area (Å²) in [6, 6.07) is 10.4. The van der Waals surface area contributed by atoms with Gasteiger partial charge in [-0.05, 0) is 51.2 Å². The molecule has 1 aliphatic rings. The first-order chi connectivity index (χ1) is 10.0. The average Bonchev–Trinajstić information content (AvgIpc) is 3.26. The number of benzene rings is 1. The topological polar surface area (TPSA) is 34.1 Å². The number of rotatable bonds is 5. The second-order valence-electron chi connectivity index (χ2n) is 6.99. The molecule has 1 fully saturated rings. The lowest BCUT2D eigenvalue weighted by molar-refractivity contribution is 0.289. The summed E-state index contributed by atoms with van der Waals surface area (Å²) in [5.41, 5.74) is 2.36. The SMILES string of the molecule is CC(C)(C)NCc1cc(OCC2CC2)nc2ccccc12. The maximum absolute atomic E-state index is 5.87. The van der Waals surface area contributed by atoms with Crippen molar-refractivity contribution in [3.8, 4) is 5.88 Å². The lowest BCUT2D eigenvalue weighted by Crippen LogP contribution is -2.35. The molecular weight excluding hydrogens is 260 g/mol. The van der Waals surface area contributed by atoms with E-state index in [1.165, 1.54) is 23.8 Å². The van der Waals surface area contributed by atoms with E-state index < -0.39 is 0 Å². The van der Waals surface area contributed by atoms with Crippen molar-refractivity contribution in [1.82, 2.24) is 10.3 Å². The average molecular weight is 284 g/mol. The van der Waals surface area contributed by atoms with Gasteiger partial charge in [0.25, 0.3) is 0 Å². The quantitative estimate of drug-likeness (QED) is 0.904. The van der Waals surface area contributed by atoms with Gasteiger partial charge in [0.15, 0.2) is 0 Å². The van der Waals surface area contributed by atoms with Crippen molar-refractivity contribution in [2.24, 2.45) is 5.92 Å². The number of pyridine rings is 1. The molecule has 1 aliphatic carbocycles. The predicted octanol–water partition coefficient (Wildman–Crippen LogP) is 3.91. The molecule has 0 amide bonds. The van der Waals surface area contributed by atoms with Crippen molar-refractivity contribution >= 4 is 10.9 Å². The van der Waals surface area contributed by atoms with Gasteiger partial charge in [0, 0.05) is 23.5 Å². The molecule has 1 N–H and O–H groups in total. The van der Waals surface area contributed by atoms with Gasteiger partial charge in [-0.3, -0.25) is 0 Å². The molecule has 3 nitrogen and oxygen atoms in total. The lowest BCUT2D eigenvalue weighted by atomic mass is 10.1. The van der Waals surface area contributed by atoms with Crippen LogP contribution in [0.15, 0.2) is 30.3 Å². The predicted molar refractivity (Wildman–Crippen MR) is 86.6 cm³/mol. The summed E-state index contributed by atoms with van der Waals surface area (Å²) in [6.07, 6.45) is 2.60. The molecule has 1 aromatic carbocycles. The summed E-state index contributed by atoms with van der Waals surface area (Å²) in [5.74, 6) is 1.50. The molecule has 1 aromatic heterocycles. The molecule has 0 atom stereocenters. The van der Waals surface area contributed by atoms with Gasteiger partial charge in [-0.15, -0.1) is 0 Å². The molecular formula is C18H24N2O. The third-order valence-corrected chi connectivity index (χ3v) is 3.75. The van der Waals surface area contributed by atoms with E-state index in [4.69, 9.17) is 4.74 Å². The molecule has 21 heavy (non-hydrogen) atoms. The van der Waals surface area contributed by atoms with E-state index in [2.05, 4.69) is 55.3 Å². The summed E-state index contributed by atoms with van der Waals surface area (Å²) in [6.45, 7) is 8.17. The van der Waals surface area contributed by atoms with Gasteiger partial charge in [-0.2, -0.15) is 0 Å². The Morgan fingerprint density at radius 1 is 1.24 bits per heavy atom. The van der Waals surface area contributed by atoms with Crippen molar-refractivity contribution in [2.75, 3.05) is 6.61 Å². The monoisotopic (exact) mass is 284 g/mol. The molecule has 0 radical (unpaired) electrons. The Kier molecular flexibility index (Phi) is 3.85. The minimum absolute atomic E-state index is 0.0966. The van der Waals surface area contributed by atoms with Gasteiger partial charge >= 0.3 is 0 Å². The van der Waals surface area contributed by atoms with Crippen LogP contribution in [0.3, 0.4) is 0 Å². The number of hydrogen-bond donors (Lipinski definition) is 1. The minimum atomic E-state index is 0.0966. The van der Waals surface area contributed by atoms with Crippen molar-refractivity contribution in [2.45, 2.75) is 45.7 Å². The van der Waals surface area contributed by atoms with Crippen LogP contribution in [0.25, 0.3) is 10.9 Å². The number of fused-ring (bicyclic) bond motifs is 1. The van der Waals surface area contributed by atoms with E-state index in [0.717, 1.165) is 30.5 Å². The van der Waals surface area contributed by atoms with Crippen LogP contribution in [-0.2, 0) is 6.54 Å². The van der Waals surface area contributed by atoms with Crippen molar-refractivity contribution < 1.29 is 4.74 Å². The normalized spacial score (nSPS) is 15.4. The Labute approximate surface area is 126 Å². The summed E-state index contributed by atoms with van der Waals surface area (Å²) in [7, 11) is 0. The fourth-order valence-electron chi connectivity index (χ4n) is 2.29. The van der Waals surface area contributed by atoms with E-state index >= 15 is 0 Å². The molecule has 0 spiro atoms. The van der Waals surface area contributed by atoms with Crippen LogP contribution in [0.2, 0.25) is 0 Å². The summed E-state index contributed by atoms with van der Waals surface area (Å²) < 4.78 is 5.87. The van der Waals surface area contributed by atoms with Crippen molar-refractivity contribution in [1.29, 1.82) is 0 Å². The smallest absolute Gasteiger partial charge is 0.214 e. The second kappa shape index (κ2) is 5.64. The largest absolute Gasteiger partial charge is 0.477 e. The van der Waals surface area contributed by atoms with Crippen LogP contribution in [-0.4, -0.2) is 17.1 Å². The standard InChI is InChI=1S/C18H24N2O/c1-18(2,3)19-11-14-10-17(21-12-13-8-9-13)20-16-7-5-4-6-15(14)16/h4-7,10,13,19H,8-9,11-12H2,1-3H3. The number of nitrogens with one attached hydrogen (secondary N) is 1. The van der Waals surface area contributed by atoms with E-state index in [1.54, 1.807) is 0 Å². The summed E-state index contributed by atoms with van der Waals surface area (Å²) in [5, 5.41) is 4.75. The van der Waals surface area contributed by atoms with E-state index in [0.29, 0.717) is 0 Å². The van der Waals surface area contributed by atoms with Gasteiger partial charge in [0.1, 0.15) is 0 Å². The number of nitrogens with zero attached hydrogens (tertiary/aromatic N) is 1. The van der Waals surface area contributed by atoms with Crippen LogP contribution in [0.4, 0.5) is 0 Å². The fraction of sp³-hybridized carbons (Fsp3) is 0.500. The van der Waals surface area contributed by atoms with Gasteiger partial charge in [-0.1, -0.05) is 18.2 Å². The van der Waals surface area contributed by atoms with Crippen LogP contribution in [0.1, 0.15) is 39.2 Å². The van der Waals surface area contributed by atoms with E-state index in [1.807, 2.05) is 6.07 Å². The zero-order chi connectivity index (χ0) is 14.9. The van der Waals surface area contributed by atoms with Crippen LogP contribution >= 0.6 is 0 Å². The first-order valence-electron chi connectivity index (χ1n) is 7.78. The Bertz CT molecular complexity index is 627. The molecule has 3 heteroatoms. The number of para-hydroxylation sites is 1.